The maximum atomic E-state index is 6.01. The van der Waals surface area contributed by atoms with Crippen LogP contribution in [0.3, 0.4) is 0 Å². The molecule has 1 rings (SSSR count). The van der Waals surface area contributed by atoms with Gasteiger partial charge in [0.1, 0.15) is 0 Å². The molecule has 0 amide bonds. The maximum absolute atomic E-state index is 6.01. The van der Waals surface area contributed by atoms with E-state index in [2.05, 4.69) is 30.8 Å². The largest absolute Gasteiger partial charge is 0.383 e. The third-order valence-corrected chi connectivity index (χ3v) is 4.44. The molecule has 17 heavy (non-hydrogen) atoms. The monoisotopic (exact) mass is 243 g/mol. The summed E-state index contributed by atoms with van der Waals surface area (Å²) in [5.41, 5.74) is 6.02. The van der Waals surface area contributed by atoms with Crippen LogP contribution in [0.15, 0.2) is 0 Å². The van der Waals surface area contributed by atoms with Gasteiger partial charge in [-0.15, -0.1) is 0 Å². The number of likely N-dealkylation sites (N-methyl/N-ethyl adjacent to an activating group) is 1. The predicted octanol–water partition coefficient (Wildman–Crippen LogP) is 0.766. The van der Waals surface area contributed by atoms with Gasteiger partial charge >= 0.3 is 0 Å². The molecule has 0 bridgehead atoms. The van der Waals surface area contributed by atoms with Gasteiger partial charge in [-0.25, -0.2) is 0 Å². The number of ether oxygens (including phenoxy) is 1. The van der Waals surface area contributed by atoms with Gasteiger partial charge in [-0.3, -0.25) is 4.90 Å². The van der Waals surface area contributed by atoms with Crippen molar-refractivity contribution in [3.63, 3.8) is 0 Å². The first-order valence-electron chi connectivity index (χ1n) is 6.70. The van der Waals surface area contributed by atoms with Crippen LogP contribution in [0.25, 0.3) is 0 Å². The number of piperidine rings is 1. The van der Waals surface area contributed by atoms with Crippen LogP contribution in [0, 0.1) is 0 Å². The Morgan fingerprint density at radius 1 is 1.41 bits per heavy atom. The van der Waals surface area contributed by atoms with Crippen LogP contribution in [-0.4, -0.2) is 68.8 Å². The molecule has 4 heteroatoms. The molecule has 0 aliphatic carbocycles. The zero-order valence-electron chi connectivity index (χ0n) is 11.9. The standard InChI is InChI=1S/C13H29N3O/c1-5-13(10-14,11-17-4)16(3)12-6-8-15(2)9-7-12/h12H,5-11,14H2,1-4H3. The van der Waals surface area contributed by atoms with Crippen LogP contribution >= 0.6 is 0 Å². The number of methoxy groups -OCH3 is 1. The van der Waals surface area contributed by atoms with E-state index in [0.717, 1.165) is 13.0 Å². The lowest BCUT2D eigenvalue weighted by atomic mass is 9.91. The molecule has 0 aromatic rings. The molecule has 0 aromatic carbocycles. The molecule has 1 unspecified atom stereocenters. The second kappa shape index (κ2) is 6.69. The summed E-state index contributed by atoms with van der Waals surface area (Å²) in [6.45, 7) is 5.97. The SMILES string of the molecule is CCC(CN)(COC)N(C)C1CCN(C)CC1. The number of rotatable bonds is 6. The number of hydrogen-bond donors (Lipinski definition) is 1. The Morgan fingerprint density at radius 3 is 2.41 bits per heavy atom. The van der Waals surface area contributed by atoms with E-state index < -0.39 is 0 Å². The second-order valence-electron chi connectivity index (χ2n) is 5.36. The van der Waals surface area contributed by atoms with E-state index in [-0.39, 0.29) is 5.54 Å². The van der Waals surface area contributed by atoms with E-state index in [0.29, 0.717) is 12.6 Å². The van der Waals surface area contributed by atoms with Gasteiger partial charge in [0.2, 0.25) is 0 Å². The summed E-state index contributed by atoms with van der Waals surface area (Å²) in [5, 5.41) is 0. The van der Waals surface area contributed by atoms with Crippen molar-refractivity contribution in [3.8, 4) is 0 Å². The summed E-state index contributed by atoms with van der Waals surface area (Å²) in [6.07, 6.45) is 3.51. The molecule has 1 atom stereocenters. The Morgan fingerprint density at radius 2 is 2.00 bits per heavy atom. The van der Waals surface area contributed by atoms with Crippen molar-refractivity contribution >= 4 is 0 Å². The average molecular weight is 243 g/mol. The molecule has 1 saturated heterocycles. The van der Waals surface area contributed by atoms with Crippen molar-refractivity contribution in [3.05, 3.63) is 0 Å². The fourth-order valence-electron chi connectivity index (χ4n) is 2.84. The third-order valence-electron chi connectivity index (χ3n) is 4.44. The zero-order chi connectivity index (χ0) is 12.9. The van der Waals surface area contributed by atoms with E-state index in [9.17, 15) is 0 Å². The summed E-state index contributed by atoms with van der Waals surface area (Å²) in [6, 6.07) is 0.643. The highest BCUT2D eigenvalue weighted by Crippen LogP contribution is 2.25. The minimum atomic E-state index is 0.00925. The molecular formula is C13H29N3O. The normalized spacial score (nSPS) is 22.9. The summed E-state index contributed by atoms with van der Waals surface area (Å²) in [4.78, 5) is 4.88. The molecule has 1 aliphatic heterocycles. The smallest absolute Gasteiger partial charge is 0.0658 e. The Labute approximate surface area is 106 Å². The molecule has 0 aromatic heterocycles. The topological polar surface area (TPSA) is 41.7 Å². The van der Waals surface area contributed by atoms with Gasteiger partial charge in [0, 0.05) is 19.7 Å². The molecule has 1 aliphatic rings. The molecule has 4 nitrogen and oxygen atoms in total. The van der Waals surface area contributed by atoms with Crippen LogP contribution < -0.4 is 5.73 Å². The fourth-order valence-corrected chi connectivity index (χ4v) is 2.84. The zero-order valence-corrected chi connectivity index (χ0v) is 11.9. The lowest BCUT2D eigenvalue weighted by molar-refractivity contribution is -0.0123. The molecule has 2 N–H and O–H groups in total. The first-order valence-corrected chi connectivity index (χ1v) is 6.70. The molecule has 102 valence electrons. The van der Waals surface area contributed by atoms with Crippen molar-refractivity contribution in [1.29, 1.82) is 0 Å². The van der Waals surface area contributed by atoms with Gasteiger partial charge in [-0.05, 0) is 46.4 Å². The van der Waals surface area contributed by atoms with Crippen LogP contribution in [0.1, 0.15) is 26.2 Å². The quantitative estimate of drug-likeness (QED) is 0.748. The summed E-state index contributed by atoms with van der Waals surface area (Å²) in [7, 11) is 6.18. The summed E-state index contributed by atoms with van der Waals surface area (Å²) in [5.74, 6) is 0. The maximum Gasteiger partial charge on any atom is 0.0658 e. The van der Waals surface area contributed by atoms with Crippen molar-refractivity contribution in [2.45, 2.75) is 37.8 Å². The average Bonchev–Trinajstić information content (AvgIpc) is 2.36. The molecule has 0 spiro atoms. The minimum Gasteiger partial charge on any atom is -0.383 e. The highest BCUT2D eigenvalue weighted by atomic mass is 16.5. The lowest BCUT2D eigenvalue weighted by Crippen LogP contribution is -2.59. The van der Waals surface area contributed by atoms with Crippen molar-refractivity contribution in [1.82, 2.24) is 9.80 Å². The number of nitrogens with two attached hydrogens (primary N) is 1. The van der Waals surface area contributed by atoms with Crippen molar-refractivity contribution < 1.29 is 4.74 Å². The van der Waals surface area contributed by atoms with E-state index in [1.807, 2.05) is 0 Å². The van der Waals surface area contributed by atoms with E-state index in [1.165, 1.54) is 25.9 Å². The lowest BCUT2D eigenvalue weighted by Gasteiger charge is -2.46. The van der Waals surface area contributed by atoms with E-state index in [1.54, 1.807) is 7.11 Å². The molecule has 0 radical (unpaired) electrons. The highest BCUT2D eigenvalue weighted by Gasteiger charge is 2.36. The molecule has 1 heterocycles. The number of nitrogens with zero attached hydrogens (tertiary/aromatic N) is 2. The van der Waals surface area contributed by atoms with E-state index in [4.69, 9.17) is 10.5 Å². The van der Waals surface area contributed by atoms with Gasteiger partial charge in [-0.2, -0.15) is 0 Å². The van der Waals surface area contributed by atoms with Gasteiger partial charge < -0.3 is 15.4 Å². The fraction of sp³-hybridized carbons (Fsp3) is 1.00. The molecule has 1 fully saturated rings. The van der Waals surface area contributed by atoms with E-state index >= 15 is 0 Å². The number of hydrogen-bond acceptors (Lipinski definition) is 4. The van der Waals surface area contributed by atoms with Gasteiger partial charge in [0.15, 0.2) is 0 Å². The predicted molar refractivity (Wildman–Crippen MR) is 72.2 cm³/mol. The highest BCUT2D eigenvalue weighted by molar-refractivity contribution is 4.93. The summed E-state index contributed by atoms with van der Waals surface area (Å²) >= 11 is 0. The summed E-state index contributed by atoms with van der Waals surface area (Å²) < 4.78 is 5.39. The Hall–Kier alpha value is -0.160. The van der Waals surface area contributed by atoms with Gasteiger partial charge in [0.05, 0.1) is 12.1 Å². The Bertz CT molecular complexity index is 211. The minimum absolute atomic E-state index is 0.00925. The third kappa shape index (κ3) is 3.41. The molecule has 0 saturated carbocycles. The van der Waals surface area contributed by atoms with Crippen molar-refractivity contribution in [2.75, 3.05) is 47.4 Å². The van der Waals surface area contributed by atoms with Gasteiger partial charge in [-0.1, -0.05) is 6.92 Å². The van der Waals surface area contributed by atoms with Crippen LogP contribution in [0.4, 0.5) is 0 Å². The first-order chi connectivity index (χ1) is 8.09. The van der Waals surface area contributed by atoms with Crippen LogP contribution in [0.5, 0.6) is 0 Å². The molecular weight excluding hydrogens is 214 g/mol. The first kappa shape index (κ1) is 14.9. The van der Waals surface area contributed by atoms with Gasteiger partial charge in [0.25, 0.3) is 0 Å². The van der Waals surface area contributed by atoms with Crippen molar-refractivity contribution in [2.24, 2.45) is 5.73 Å². The number of likely N-dealkylation sites (tertiary alicyclic amines) is 1. The van der Waals surface area contributed by atoms with Crippen LogP contribution in [-0.2, 0) is 4.74 Å². The second-order valence-corrected chi connectivity index (χ2v) is 5.36. The van der Waals surface area contributed by atoms with Crippen LogP contribution in [0.2, 0.25) is 0 Å². The Balaban J connectivity index is 2.66. The Kier molecular flexibility index (Phi) is 5.86.